The zero-order valence-corrected chi connectivity index (χ0v) is 19.5. The molecule has 2 N–H and O–H groups in total. The molecule has 0 spiro atoms. The molecular weight excluding hydrogens is 444 g/mol. The van der Waals surface area contributed by atoms with Crippen LogP contribution in [0.15, 0.2) is 42.5 Å². The lowest BCUT2D eigenvalue weighted by atomic mass is 10.2. The Labute approximate surface area is 197 Å². The minimum atomic E-state index is -0.699. The van der Waals surface area contributed by atoms with Crippen molar-refractivity contribution < 1.29 is 38.1 Å². The molecule has 182 valence electrons. The van der Waals surface area contributed by atoms with Crippen molar-refractivity contribution >= 4 is 35.1 Å². The maximum absolute atomic E-state index is 12.1. The summed E-state index contributed by atoms with van der Waals surface area (Å²) in [6, 6.07) is 11.1. The quantitative estimate of drug-likeness (QED) is 0.477. The van der Waals surface area contributed by atoms with Crippen LogP contribution < -0.4 is 20.1 Å². The van der Waals surface area contributed by atoms with Gasteiger partial charge in [-0.05, 0) is 50.2 Å². The minimum Gasteiger partial charge on any atom is -0.497 e. The van der Waals surface area contributed by atoms with Crippen LogP contribution in [0.25, 0.3) is 0 Å². The molecule has 2 rings (SSSR count). The Morgan fingerprint density at radius 2 is 1.56 bits per heavy atom. The average Bonchev–Trinajstić information content (AvgIpc) is 2.81. The Morgan fingerprint density at radius 3 is 2.18 bits per heavy atom. The van der Waals surface area contributed by atoms with Gasteiger partial charge in [0.05, 0.1) is 38.0 Å². The van der Waals surface area contributed by atoms with E-state index in [9.17, 15) is 19.2 Å². The van der Waals surface area contributed by atoms with Gasteiger partial charge in [-0.1, -0.05) is 0 Å². The fraction of sp³-hybridized carbons (Fsp3) is 0.333. The van der Waals surface area contributed by atoms with Gasteiger partial charge in [-0.2, -0.15) is 0 Å². The van der Waals surface area contributed by atoms with Crippen molar-refractivity contribution in [3.8, 4) is 11.5 Å². The first-order chi connectivity index (χ1) is 16.2. The zero-order chi connectivity index (χ0) is 25.1. The molecular formula is C24H28N2O8. The van der Waals surface area contributed by atoms with Crippen LogP contribution in [0, 0.1) is 0 Å². The third kappa shape index (κ3) is 8.45. The van der Waals surface area contributed by atoms with E-state index in [0.29, 0.717) is 28.4 Å². The number of carbonyl (C=O) groups excluding carboxylic acids is 4. The Bertz CT molecular complexity index is 1020. The highest BCUT2D eigenvalue weighted by Gasteiger charge is 2.14. The summed E-state index contributed by atoms with van der Waals surface area (Å²) in [6.07, 6.45) is -0.579. The molecule has 2 aromatic rings. The number of esters is 2. The summed E-state index contributed by atoms with van der Waals surface area (Å²) in [4.78, 5) is 47.9. The third-order valence-electron chi connectivity index (χ3n) is 4.35. The van der Waals surface area contributed by atoms with E-state index >= 15 is 0 Å². The van der Waals surface area contributed by atoms with Gasteiger partial charge in [-0.15, -0.1) is 0 Å². The monoisotopic (exact) mass is 472 g/mol. The summed E-state index contributed by atoms with van der Waals surface area (Å²) in [5.74, 6) is -1.20. The van der Waals surface area contributed by atoms with Crippen LogP contribution in [0.3, 0.4) is 0 Å². The van der Waals surface area contributed by atoms with Crippen molar-refractivity contribution in [1.29, 1.82) is 0 Å². The Hall–Kier alpha value is -4.08. The van der Waals surface area contributed by atoms with Gasteiger partial charge in [0.1, 0.15) is 11.5 Å². The van der Waals surface area contributed by atoms with E-state index in [2.05, 4.69) is 10.6 Å². The number of methoxy groups -OCH3 is 2. The summed E-state index contributed by atoms with van der Waals surface area (Å²) >= 11 is 0. The molecule has 2 aromatic carbocycles. The van der Waals surface area contributed by atoms with Crippen LogP contribution >= 0.6 is 0 Å². The second-order valence-electron chi connectivity index (χ2n) is 7.35. The molecule has 0 aliphatic rings. The number of hydrogen-bond donors (Lipinski definition) is 2. The average molecular weight is 472 g/mol. The number of amides is 2. The van der Waals surface area contributed by atoms with Gasteiger partial charge in [0.15, 0.2) is 6.61 Å². The summed E-state index contributed by atoms with van der Waals surface area (Å²) in [7, 11) is 2.95. The lowest BCUT2D eigenvalue weighted by Gasteiger charge is -2.12. The second-order valence-corrected chi connectivity index (χ2v) is 7.35. The van der Waals surface area contributed by atoms with Gasteiger partial charge < -0.3 is 29.6 Å². The lowest BCUT2D eigenvalue weighted by molar-refractivity contribution is -0.147. The highest BCUT2D eigenvalue weighted by Crippen LogP contribution is 2.28. The molecule has 10 nitrogen and oxygen atoms in total. The van der Waals surface area contributed by atoms with Crippen LogP contribution in [-0.4, -0.2) is 50.7 Å². The minimum absolute atomic E-state index is 0.138. The molecule has 2 amide bonds. The molecule has 0 bridgehead atoms. The highest BCUT2D eigenvalue weighted by atomic mass is 16.5. The van der Waals surface area contributed by atoms with Gasteiger partial charge >= 0.3 is 11.9 Å². The molecule has 10 heteroatoms. The molecule has 34 heavy (non-hydrogen) atoms. The largest absolute Gasteiger partial charge is 0.497 e. The molecule has 0 unspecified atom stereocenters. The maximum atomic E-state index is 12.1. The van der Waals surface area contributed by atoms with E-state index in [1.807, 2.05) is 0 Å². The van der Waals surface area contributed by atoms with Crippen molar-refractivity contribution in [2.24, 2.45) is 0 Å². The fourth-order valence-electron chi connectivity index (χ4n) is 2.73. The van der Waals surface area contributed by atoms with Gasteiger partial charge in [-0.3, -0.25) is 14.4 Å². The molecule has 0 aliphatic carbocycles. The number of carbonyl (C=O) groups is 4. The molecule has 0 saturated carbocycles. The molecule has 0 fully saturated rings. The molecule has 0 radical (unpaired) electrons. The van der Waals surface area contributed by atoms with E-state index in [1.165, 1.54) is 26.4 Å². The van der Waals surface area contributed by atoms with Crippen LogP contribution in [-0.2, 0) is 23.9 Å². The Morgan fingerprint density at radius 1 is 0.853 bits per heavy atom. The second kappa shape index (κ2) is 12.8. The number of hydrogen-bond acceptors (Lipinski definition) is 8. The van der Waals surface area contributed by atoms with Crippen LogP contribution in [0.4, 0.5) is 11.4 Å². The SMILES string of the molecule is COc1ccc(OC)c(NC(=O)COC(=O)CCC(=O)Nc2ccc(C(=O)OC(C)C)cc2)c1. The van der Waals surface area contributed by atoms with Crippen molar-refractivity contribution in [2.45, 2.75) is 32.8 Å². The first-order valence-electron chi connectivity index (χ1n) is 10.5. The van der Waals surface area contributed by atoms with E-state index in [1.54, 1.807) is 44.2 Å². The van der Waals surface area contributed by atoms with Gasteiger partial charge in [0, 0.05) is 18.2 Å². The van der Waals surface area contributed by atoms with Crippen molar-refractivity contribution in [3.05, 3.63) is 48.0 Å². The first kappa shape index (κ1) is 26.2. The van der Waals surface area contributed by atoms with Gasteiger partial charge in [-0.25, -0.2) is 4.79 Å². The summed E-state index contributed by atoms with van der Waals surface area (Å²) in [5.41, 5.74) is 1.19. The highest BCUT2D eigenvalue weighted by molar-refractivity contribution is 5.96. The fourth-order valence-corrected chi connectivity index (χ4v) is 2.73. The lowest BCUT2D eigenvalue weighted by Crippen LogP contribution is -2.22. The number of anilines is 2. The Kier molecular flexibility index (Phi) is 9.88. The van der Waals surface area contributed by atoms with Crippen molar-refractivity contribution in [2.75, 3.05) is 31.5 Å². The summed E-state index contributed by atoms with van der Waals surface area (Å²) < 4.78 is 20.3. The van der Waals surface area contributed by atoms with Gasteiger partial charge in [0.2, 0.25) is 5.91 Å². The van der Waals surface area contributed by atoms with Crippen LogP contribution in [0.5, 0.6) is 11.5 Å². The third-order valence-corrected chi connectivity index (χ3v) is 4.35. The molecule has 0 heterocycles. The van der Waals surface area contributed by atoms with Crippen molar-refractivity contribution in [3.63, 3.8) is 0 Å². The predicted molar refractivity (Wildman–Crippen MR) is 124 cm³/mol. The molecule has 0 aromatic heterocycles. The smallest absolute Gasteiger partial charge is 0.338 e. The predicted octanol–water partition coefficient (Wildman–Crippen LogP) is 3.17. The Balaban J connectivity index is 1.75. The zero-order valence-electron chi connectivity index (χ0n) is 19.5. The van der Waals surface area contributed by atoms with E-state index in [4.69, 9.17) is 18.9 Å². The molecule has 0 atom stereocenters. The normalized spacial score (nSPS) is 10.3. The first-order valence-corrected chi connectivity index (χ1v) is 10.5. The standard InChI is InChI=1S/C24H28N2O8/c1-15(2)34-24(30)16-5-7-17(8-6-16)25-21(27)11-12-23(29)33-14-22(28)26-19-13-18(31-3)9-10-20(19)32-4/h5-10,13,15H,11-12,14H2,1-4H3,(H,25,27)(H,26,28). The molecule has 0 aliphatic heterocycles. The van der Waals surface area contributed by atoms with Crippen molar-refractivity contribution in [1.82, 2.24) is 0 Å². The van der Waals surface area contributed by atoms with E-state index < -0.39 is 30.4 Å². The number of nitrogens with one attached hydrogen (secondary N) is 2. The van der Waals surface area contributed by atoms with E-state index in [-0.39, 0.29) is 18.9 Å². The number of rotatable bonds is 11. The summed E-state index contributed by atoms with van der Waals surface area (Å²) in [6.45, 7) is 2.98. The maximum Gasteiger partial charge on any atom is 0.338 e. The topological polar surface area (TPSA) is 129 Å². The van der Waals surface area contributed by atoms with Crippen LogP contribution in [0.1, 0.15) is 37.0 Å². The van der Waals surface area contributed by atoms with E-state index in [0.717, 1.165) is 0 Å². The molecule has 0 saturated heterocycles. The van der Waals surface area contributed by atoms with Crippen LogP contribution in [0.2, 0.25) is 0 Å². The number of benzene rings is 2. The number of ether oxygens (including phenoxy) is 4. The van der Waals surface area contributed by atoms with Gasteiger partial charge in [0.25, 0.3) is 5.91 Å². The summed E-state index contributed by atoms with van der Waals surface area (Å²) in [5, 5.41) is 5.20.